The molecule has 0 radical (unpaired) electrons. The Kier molecular flexibility index (Phi) is 5.24. The van der Waals surface area contributed by atoms with Crippen LogP contribution in [0.15, 0.2) is 158 Å². The van der Waals surface area contributed by atoms with Gasteiger partial charge in [-0.1, -0.05) is 121 Å². The highest BCUT2D eigenvalue weighted by atomic mass is 35.5. The molecular formula is C41H26ClN. The van der Waals surface area contributed by atoms with E-state index in [1.165, 1.54) is 55.3 Å². The molecule has 0 N–H and O–H groups in total. The lowest BCUT2D eigenvalue weighted by atomic mass is 9.69. The zero-order valence-electron chi connectivity index (χ0n) is 23.3. The second-order valence-electron chi connectivity index (χ2n) is 11.4. The van der Waals surface area contributed by atoms with E-state index in [2.05, 4.69) is 163 Å². The third-order valence-corrected chi connectivity index (χ3v) is 9.48. The van der Waals surface area contributed by atoms with Crippen LogP contribution in [-0.4, -0.2) is 0 Å². The van der Waals surface area contributed by atoms with Crippen LogP contribution in [0.2, 0.25) is 5.02 Å². The molecule has 0 saturated heterocycles. The van der Waals surface area contributed by atoms with Crippen molar-refractivity contribution in [1.82, 2.24) is 0 Å². The summed E-state index contributed by atoms with van der Waals surface area (Å²) in [6.45, 7) is 0. The highest BCUT2D eigenvalue weighted by Gasteiger charge is 2.53. The van der Waals surface area contributed by atoms with Crippen LogP contribution < -0.4 is 4.90 Å². The van der Waals surface area contributed by atoms with Gasteiger partial charge < -0.3 is 4.90 Å². The molecule has 7 aromatic carbocycles. The van der Waals surface area contributed by atoms with Crippen molar-refractivity contribution in [2.45, 2.75) is 5.41 Å². The first-order chi connectivity index (χ1) is 21.2. The molecule has 2 heteroatoms. The van der Waals surface area contributed by atoms with Crippen LogP contribution in [0.4, 0.5) is 17.1 Å². The Morgan fingerprint density at radius 2 is 0.930 bits per heavy atom. The summed E-state index contributed by atoms with van der Waals surface area (Å²) >= 11 is 7.06. The van der Waals surface area contributed by atoms with E-state index >= 15 is 0 Å². The summed E-state index contributed by atoms with van der Waals surface area (Å²) in [5.41, 5.74) is 13.0. The van der Waals surface area contributed by atoms with Crippen LogP contribution in [0.1, 0.15) is 22.3 Å². The number of benzene rings is 7. The maximum atomic E-state index is 7.06. The van der Waals surface area contributed by atoms with Gasteiger partial charge in [-0.15, -0.1) is 0 Å². The Labute approximate surface area is 256 Å². The normalized spacial score (nSPS) is 15.7. The first-order valence-electron chi connectivity index (χ1n) is 14.7. The molecule has 0 amide bonds. The Morgan fingerprint density at radius 3 is 1.56 bits per heavy atom. The maximum absolute atomic E-state index is 7.06. The third kappa shape index (κ3) is 3.34. The van der Waals surface area contributed by atoms with Gasteiger partial charge in [-0.3, -0.25) is 0 Å². The van der Waals surface area contributed by atoms with E-state index in [0.29, 0.717) is 0 Å². The van der Waals surface area contributed by atoms with E-state index in [0.717, 1.165) is 22.1 Å². The monoisotopic (exact) mass is 567 g/mol. The summed E-state index contributed by atoms with van der Waals surface area (Å²) in [6.07, 6.45) is 0. The Hall–Kier alpha value is -5.11. The van der Waals surface area contributed by atoms with E-state index in [4.69, 9.17) is 11.6 Å². The minimum atomic E-state index is -0.510. The van der Waals surface area contributed by atoms with Gasteiger partial charge in [-0.2, -0.15) is 0 Å². The van der Waals surface area contributed by atoms with E-state index < -0.39 is 5.41 Å². The minimum absolute atomic E-state index is 0.510. The number of rotatable bonds is 3. The van der Waals surface area contributed by atoms with Gasteiger partial charge in [0, 0.05) is 22.0 Å². The van der Waals surface area contributed by atoms with Gasteiger partial charge >= 0.3 is 0 Å². The van der Waals surface area contributed by atoms with E-state index in [-0.39, 0.29) is 0 Å². The maximum Gasteiger partial charge on any atom is 0.0746 e. The predicted molar refractivity (Wildman–Crippen MR) is 180 cm³/mol. The molecule has 43 heavy (non-hydrogen) atoms. The summed E-state index contributed by atoms with van der Waals surface area (Å²) in [7, 11) is 0. The van der Waals surface area contributed by atoms with Gasteiger partial charge in [0.15, 0.2) is 0 Å². The lowest BCUT2D eigenvalue weighted by Crippen LogP contribution is -2.28. The summed E-state index contributed by atoms with van der Waals surface area (Å²) in [5.74, 6) is 0. The quantitative estimate of drug-likeness (QED) is 0.205. The first-order valence-corrected chi connectivity index (χ1v) is 15.1. The van der Waals surface area contributed by atoms with E-state index in [1.807, 2.05) is 0 Å². The van der Waals surface area contributed by atoms with Crippen LogP contribution in [0, 0.1) is 0 Å². The average Bonchev–Trinajstić information content (AvgIpc) is 3.51. The number of halogens is 1. The van der Waals surface area contributed by atoms with Crippen molar-refractivity contribution in [2.75, 3.05) is 4.90 Å². The van der Waals surface area contributed by atoms with Crippen LogP contribution in [0.5, 0.6) is 0 Å². The standard InChI is InChI=1S/C41H26ClN/c42-29-25-35-33-20-10-12-22-37(33)41(36-21-11-9-19-32(36)34-23-27-13-7-8-14-28(27)24-38(34)41)40(35)39(26-29)43(30-15-3-1-4-16-30)31-17-5-2-6-18-31/h1-26H. The molecule has 9 rings (SSSR count). The second-order valence-corrected chi connectivity index (χ2v) is 11.9. The van der Waals surface area contributed by atoms with E-state index in [1.54, 1.807) is 0 Å². The summed E-state index contributed by atoms with van der Waals surface area (Å²) < 4.78 is 0. The lowest BCUT2D eigenvalue weighted by molar-refractivity contribution is 0.794. The molecule has 202 valence electrons. The zero-order valence-corrected chi connectivity index (χ0v) is 24.1. The van der Waals surface area contributed by atoms with E-state index in [9.17, 15) is 0 Å². The highest BCUT2D eigenvalue weighted by molar-refractivity contribution is 6.31. The number of hydrogen-bond donors (Lipinski definition) is 0. The van der Waals surface area contributed by atoms with Crippen molar-refractivity contribution in [3.05, 3.63) is 185 Å². The fraction of sp³-hybridized carbons (Fsp3) is 0.0244. The van der Waals surface area contributed by atoms with Gasteiger partial charge in [0.1, 0.15) is 0 Å². The van der Waals surface area contributed by atoms with Crippen molar-refractivity contribution < 1.29 is 0 Å². The largest absolute Gasteiger partial charge is 0.310 e. The fourth-order valence-corrected chi connectivity index (χ4v) is 7.87. The van der Waals surface area contributed by atoms with Crippen LogP contribution in [-0.2, 0) is 5.41 Å². The SMILES string of the molecule is Clc1cc2c(c(N(c3ccccc3)c3ccccc3)c1)C1(c3ccccc3-c3cc4ccccc4cc31)c1ccccc1-2. The fourth-order valence-electron chi connectivity index (χ4n) is 7.66. The third-order valence-electron chi connectivity index (χ3n) is 9.26. The van der Waals surface area contributed by atoms with Crippen LogP contribution in [0.3, 0.4) is 0 Å². The number of hydrogen-bond acceptors (Lipinski definition) is 1. The van der Waals surface area contributed by atoms with Gasteiger partial charge in [0.25, 0.3) is 0 Å². The van der Waals surface area contributed by atoms with Crippen molar-refractivity contribution in [3.63, 3.8) is 0 Å². The molecule has 0 aliphatic heterocycles. The van der Waals surface area contributed by atoms with Crippen molar-refractivity contribution in [1.29, 1.82) is 0 Å². The molecule has 7 aromatic rings. The summed E-state index contributed by atoms with van der Waals surface area (Å²) in [6, 6.07) is 57.1. The minimum Gasteiger partial charge on any atom is -0.310 e. The molecule has 2 aliphatic carbocycles. The zero-order chi connectivity index (χ0) is 28.5. The Balaban J connectivity index is 1.48. The van der Waals surface area contributed by atoms with Gasteiger partial charge in [-0.05, 0) is 98.2 Å². The molecule has 1 spiro atoms. The number of anilines is 3. The molecule has 0 bridgehead atoms. The first kappa shape index (κ1) is 24.5. The molecule has 0 fully saturated rings. The molecule has 1 unspecified atom stereocenters. The lowest BCUT2D eigenvalue weighted by Gasteiger charge is -2.36. The molecule has 0 aromatic heterocycles. The topological polar surface area (TPSA) is 3.24 Å². The van der Waals surface area contributed by atoms with Crippen molar-refractivity contribution in [2.24, 2.45) is 0 Å². The second kappa shape index (κ2) is 9.19. The van der Waals surface area contributed by atoms with Crippen LogP contribution in [0.25, 0.3) is 33.0 Å². The molecule has 0 saturated carbocycles. The smallest absolute Gasteiger partial charge is 0.0746 e. The summed E-state index contributed by atoms with van der Waals surface area (Å²) in [5, 5.41) is 3.23. The van der Waals surface area contributed by atoms with Gasteiger partial charge in [0.05, 0.1) is 11.1 Å². The Morgan fingerprint density at radius 1 is 0.419 bits per heavy atom. The Bertz CT molecular complexity index is 2160. The predicted octanol–water partition coefficient (Wildman–Crippen LogP) is 11.3. The highest BCUT2D eigenvalue weighted by Crippen LogP contribution is 2.66. The molecule has 2 aliphatic rings. The number of fused-ring (bicyclic) bond motifs is 11. The molecule has 1 atom stereocenters. The summed E-state index contributed by atoms with van der Waals surface area (Å²) in [4.78, 5) is 2.37. The van der Waals surface area contributed by atoms with Crippen LogP contribution >= 0.6 is 11.6 Å². The average molecular weight is 568 g/mol. The van der Waals surface area contributed by atoms with Crippen molar-refractivity contribution >= 4 is 39.4 Å². The van der Waals surface area contributed by atoms with Crippen molar-refractivity contribution in [3.8, 4) is 22.3 Å². The molecule has 0 heterocycles. The molecule has 1 nitrogen and oxygen atoms in total. The van der Waals surface area contributed by atoms with Gasteiger partial charge in [0.2, 0.25) is 0 Å². The number of para-hydroxylation sites is 2. The number of nitrogens with zero attached hydrogens (tertiary/aromatic N) is 1. The molecular weight excluding hydrogens is 542 g/mol. The van der Waals surface area contributed by atoms with Gasteiger partial charge in [-0.25, -0.2) is 0 Å².